The first-order valence-corrected chi connectivity index (χ1v) is 7.05. The zero-order chi connectivity index (χ0) is 14.7. The molecule has 1 aliphatic heterocycles. The Kier molecular flexibility index (Phi) is 3.92. The van der Waals surface area contributed by atoms with Gasteiger partial charge in [-0.25, -0.2) is 0 Å². The molecule has 1 atom stereocenters. The van der Waals surface area contributed by atoms with Gasteiger partial charge in [0.2, 0.25) is 0 Å². The van der Waals surface area contributed by atoms with Gasteiger partial charge in [-0.3, -0.25) is 4.79 Å². The zero-order valence-electron chi connectivity index (χ0n) is 11.9. The largest absolute Gasteiger partial charge is 0.482 e. The summed E-state index contributed by atoms with van der Waals surface area (Å²) in [5.41, 5.74) is 1.85. The molecular formula is C16H18N2O3. The van der Waals surface area contributed by atoms with Gasteiger partial charge in [0, 0.05) is 19.0 Å². The molecule has 0 bridgehead atoms. The molecule has 1 amide bonds. The average molecular weight is 286 g/mol. The maximum Gasteiger partial charge on any atom is 0.262 e. The second-order valence-electron chi connectivity index (χ2n) is 5.10. The Labute approximate surface area is 123 Å². The summed E-state index contributed by atoms with van der Waals surface area (Å²) in [5, 5.41) is 6.27. The monoisotopic (exact) mass is 286 g/mol. The van der Waals surface area contributed by atoms with E-state index in [0.717, 1.165) is 35.7 Å². The standard InChI is InChI=1S/C16H18N2O3/c1-11(17-7-6-13-3-2-8-20-13)12-4-5-15-14(9-12)18-16(19)10-21-15/h2-5,8-9,11,17H,6-7,10H2,1H3,(H,18,19). The van der Waals surface area contributed by atoms with Crippen molar-refractivity contribution in [1.29, 1.82) is 0 Å². The number of furan rings is 1. The third-order valence-electron chi connectivity index (χ3n) is 3.54. The van der Waals surface area contributed by atoms with Crippen LogP contribution >= 0.6 is 0 Å². The number of amides is 1. The van der Waals surface area contributed by atoms with Crippen LogP contribution in [0.5, 0.6) is 5.75 Å². The minimum Gasteiger partial charge on any atom is -0.482 e. The summed E-state index contributed by atoms with van der Waals surface area (Å²) in [7, 11) is 0. The summed E-state index contributed by atoms with van der Waals surface area (Å²) < 4.78 is 10.7. The lowest BCUT2D eigenvalue weighted by molar-refractivity contribution is -0.118. The van der Waals surface area contributed by atoms with Crippen LogP contribution in [-0.2, 0) is 11.2 Å². The van der Waals surface area contributed by atoms with Crippen molar-refractivity contribution in [2.75, 3.05) is 18.5 Å². The van der Waals surface area contributed by atoms with Gasteiger partial charge < -0.3 is 19.8 Å². The summed E-state index contributed by atoms with van der Waals surface area (Å²) in [6.07, 6.45) is 2.53. The number of fused-ring (bicyclic) bond motifs is 1. The summed E-state index contributed by atoms with van der Waals surface area (Å²) in [5.74, 6) is 1.58. The summed E-state index contributed by atoms with van der Waals surface area (Å²) in [6.45, 7) is 3.01. The van der Waals surface area contributed by atoms with E-state index < -0.39 is 0 Å². The molecule has 5 heteroatoms. The van der Waals surface area contributed by atoms with Gasteiger partial charge in [-0.15, -0.1) is 0 Å². The Morgan fingerprint density at radius 1 is 1.38 bits per heavy atom. The predicted molar refractivity (Wildman–Crippen MR) is 79.4 cm³/mol. The lowest BCUT2D eigenvalue weighted by Gasteiger charge is -2.20. The zero-order valence-corrected chi connectivity index (χ0v) is 11.9. The van der Waals surface area contributed by atoms with Crippen LogP contribution in [0, 0.1) is 0 Å². The molecule has 0 saturated heterocycles. The maximum absolute atomic E-state index is 11.3. The molecule has 5 nitrogen and oxygen atoms in total. The van der Waals surface area contributed by atoms with E-state index in [0.29, 0.717) is 0 Å². The molecule has 2 N–H and O–H groups in total. The number of benzene rings is 1. The molecule has 0 radical (unpaired) electrons. The quantitative estimate of drug-likeness (QED) is 0.886. The van der Waals surface area contributed by atoms with Crippen LogP contribution in [0.15, 0.2) is 41.0 Å². The fraction of sp³-hybridized carbons (Fsp3) is 0.312. The van der Waals surface area contributed by atoms with E-state index in [1.165, 1.54) is 0 Å². The van der Waals surface area contributed by atoms with E-state index in [-0.39, 0.29) is 18.6 Å². The fourth-order valence-corrected chi connectivity index (χ4v) is 2.35. The average Bonchev–Trinajstić information content (AvgIpc) is 2.99. The molecule has 1 aliphatic rings. The second kappa shape index (κ2) is 6.01. The van der Waals surface area contributed by atoms with E-state index in [2.05, 4.69) is 17.6 Å². The van der Waals surface area contributed by atoms with Crippen LogP contribution < -0.4 is 15.4 Å². The molecule has 1 unspecified atom stereocenters. The van der Waals surface area contributed by atoms with E-state index in [9.17, 15) is 4.79 Å². The summed E-state index contributed by atoms with van der Waals surface area (Å²) in [6, 6.07) is 9.92. The van der Waals surface area contributed by atoms with Crippen molar-refractivity contribution < 1.29 is 13.9 Å². The van der Waals surface area contributed by atoms with E-state index in [1.807, 2.05) is 30.3 Å². The third-order valence-corrected chi connectivity index (χ3v) is 3.54. The number of nitrogens with one attached hydrogen (secondary N) is 2. The van der Waals surface area contributed by atoms with Crippen LogP contribution in [-0.4, -0.2) is 19.1 Å². The van der Waals surface area contributed by atoms with E-state index in [1.54, 1.807) is 6.26 Å². The highest BCUT2D eigenvalue weighted by Gasteiger charge is 2.17. The molecule has 1 aromatic heterocycles. The SMILES string of the molecule is CC(NCCc1ccco1)c1ccc2c(c1)NC(=O)CO2. The van der Waals surface area contributed by atoms with Crippen LogP contribution in [0.3, 0.4) is 0 Å². The molecule has 0 spiro atoms. The van der Waals surface area contributed by atoms with Crippen molar-refractivity contribution in [3.8, 4) is 5.75 Å². The topological polar surface area (TPSA) is 63.5 Å². The smallest absolute Gasteiger partial charge is 0.262 e. The minimum absolute atomic E-state index is 0.0866. The van der Waals surface area contributed by atoms with Crippen LogP contribution in [0.25, 0.3) is 0 Å². The molecule has 3 rings (SSSR count). The number of carbonyl (C=O) groups excluding carboxylic acids is 1. The molecule has 2 aromatic rings. The Balaban J connectivity index is 1.60. The minimum atomic E-state index is -0.113. The highest BCUT2D eigenvalue weighted by molar-refractivity contribution is 5.95. The van der Waals surface area contributed by atoms with Crippen molar-refractivity contribution >= 4 is 11.6 Å². The summed E-state index contributed by atoms with van der Waals surface area (Å²) in [4.78, 5) is 11.3. The number of hydrogen-bond acceptors (Lipinski definition) is 4. The van der Waals surface area contributed by atoms with Gasteiger partial charge >= 0.3 is 0 Å². The first-order valence-electron chi connectivity index (χ1n) is 7.05. The van der Waals surface area contributed by atoms with Crippen molar-refractivity contribution in [2.24, 2.45) is 0 Å². The van der Waals surface area contributed by atoms with E-state index in [4.69, 9.17) is 9.15 Å². The van der Waals surface area contributed by atoms with Crippen LogP contribution in [0.4, 0.5) is 5.69 Å². The molecule has 110 valence electrons. The first-order chi connectivity index (χ1) is 10.2. The third kappa shape index (κ3) is 3.25. The van der Waals surface area contributed by atoms with Crippen molar-refractivity contribution in [3.05, 3.63) is 47.9 Å². The van der Waals surface area contributed by atoms with E-state index >= 15 is 0 Å². The highest BCUT2D eigenvalue weighted by atomic mass is 16.5. The number of ether oxygens (including phenoxy) is 1. The Bertz CT molecular complexity index is 622. The molecule has 21 heavy (non-hydrogen) atoms. The molecule has 2 heterocycles. The predicted octanol–water partition coefficient (Wildman–Crippen LogP) is 2.50. The first kappa shape index (κ1) is 13.7. The molecule has 0 saturated carbocycles. The number of rotatable bonds is 5. The lowest BCUT2D eigenvalue weighted by Crippen LogP contribution is -2.26. The second-order valence-corrected chi connectivity index (χ2v) is 5.10. The molecule has 1 aromatic carbocycles. The van der Waals surface area contributed by atoms with Crippen LogP contribution in [0.2, 0.25) is 0 Å². The van der Waals surface area contributed by atoms with Gasteiger partial charge in [-0.2, -0.15) is 0 Å². The Morgan fingerprint density at radius 3 is 3.10 bits per heavy atom. The van der Waals surface area contributed by atoms with Gasteiger partial charge in [0.25, 0.3) is 5.91 Å². The Morgan fingerprint density at radius 2 is 2.29 bits per heavy atom. The van der Waals surface area contributed by atoms with Gasteiger partial charge in [-0.05, 0) is 36.8 Å². The lowest BCUT2D eigenvalue weighted by atomic mass is 10.1. The van der Waals surface area contributed by atoms with Crippen molar-refractivity contribution in [3.63, 3.8) is 0 Å². The van der Waals surface area contributed by atoms with Crippen LogP contribution in [0.1, 0.15) is 24.3 Å². The molecular weight excluding hydrogens is 268 g/mol. The van der Waals surface area contributed by atoms with Gasteiger partial charge in [0.15, 0.2) is 6.61 Å². The fourth-order valence-electron chi connectivity index (χ4n) is 2.35. The summed E-state index contributed by atoms with van der Waals surface area (Å²) >= 11 is 0. The number of anilines is 1. The molecule has 0 fully saturated rings. The maximum atomic E-state index is 11.3. The Hall–Kier alpha value is -2.27. The number of hydrogen-bond donors (Lipinski definition) is 2. The molecule has 0 aliphatic carbocycles. The highest BCUT2D eigenvalue weighted by Crippen LogP contribution is 2.30. The van der Waals surface area contributed by atoms with Gasteiger partial charge in [0.05, 0.1) is 12.0 Å². The normalized spacial score (nSPS) is 15.0. The van der Waals surface area contributed by atoms with Gasteiger partial charge in [0.1, 0.15) is 11.5 Å². The van der Waals surface area contributed by atoms with Crippen molar-refractivity contribution in [1.82, 2.24) is 5.32 Å². The van der Waals surface area contributed by atoms with Crippen molar-refractivity contribution in [2.45, 2.75) is 19.4 Å². The van der Waals surface area contributed by atoms with Gasteiger partial charge in [-0.1, -0.05) is 6.07 Å². The number of carbonyl (C=O) groups is 1.